The van der Waals surface area contributed by atoms with E-state index in [1.165, 1.54) is 29.6 Å². The fourth-order valence-corrected chi connectivity index (χ4v) is 2.95. The normalized spacial score (nSPS) is 10.6. The van der Waals surface area contributed by atoms with Crippen molar-refractivity contribution in [2.24, 2.45) is 12.8 Å². The molecule has 0 radical (unpaired) electrons. The van der Waals surface area contributed by atoms with Crippen LogP contribution in [0.25, 0.3) is 0 Å². The fourth-order valence-electron chi connectivity index (χ4n) is 1.35. The maximum absolute atomic E-state index is 7.54. The molecule has 6 nitrogen and oxygen atoms in total. The van der Waals surface area contributed by atoms with Crippen LogP contribution in [-0.4, -0.2) is 25.0 Å². The number of amidine groups is 1. The van der Waals surface area contributed by atoms with Crippen LogP contribution in [0, 0.1) is 12.3 Å². The molecule has 0 saturated heterocycles. The molecule has 0 aliphatic heterocycles. The molecular formula is C8H10N6S2. The molecule has 0 atom stereocenters. The van der Waals surface area contributed by atoms with Gasteiger partial charge in [0.05, 0.1) is 11.3 Å². The second-order valence-corrected chi connectivity index (χ2v) is 5.13. The van der Waals surface area contributed by atoms with Crippen LogP contribution < -0.4 is 5.73 Å². The van der Waals surface area contributed by atoms with Crippen molar-refractivity contribution in [3.63, 3.8) is 0 Å². The first-order valence-corrected chi connectivity index (χ1v) is 6.01. The van der Waals surface area contributed by atoms with Crippen molar-refractivity contribution in [2.45, 2.75) is 16.3 Å². The zero-order chi connectivity index (χ0) is 11.7. The van der Waals surface area contributed by atoms with E-state index in [1.54, 1.807) is 4.68 Å². The van der Waals surface area contributed by atoms with Crippen molar-refractivity contribution < 1.29 is 0 Å². The van der Waals surface area contributed by atoms with Gasteiger partial charge in [-0.15, -0.1) is 0 Å². The molecule has 3 N–H and O–H groups in total. The number of nitrogen functional groups attached to an aromatic ring is 1. The van der Waals surface area contributed by atoms with Crippen LogP contribution in [0.15, 0.2) is 15.7 Å². The molecule has 0 amide bonds. The van der Waals surface area contributed by atoms with Crippen LogP contribution in [-0.2, 0) is 7.05 Å². The SMILES string of the molecule is Cc1nn(C)c(Sc2ncns2)c1C(=N)N. The molecule has 0 aromatic carbocycles. The second-order valence-electron chi connectivity index (χ2n) is 3.11. The Labute approximate surface area is 101 Å². The predicted octanol–water partition coefficient (Wildman–Crippen LogP) is 1.02. The number of rotatable bonds is 3. The van der Waals surface area contributed by atoms with Crippen LogP contribution in [0.4, 0.5) is 0 Å². The van der Waals surface area contributed by atoms with E-state index in [2.05, 4.69) is 14.5 Å². The van der Waals surface area contributed by atoms with Gasteiger partial charge in [-0.05, 0) is 30.2 Å². The van der Waals surface area contributed by atoms with Gasteiger partial charge in [-0.3, -0.25) is 10.1 Å². The van der Waals surface area contributed by atoms with Gasteiger partial charge in [0.15, 0.2) is 4.34 Å². The van der Waals surface area contributed by atoms with Gasteiger partial charge < -0.3 is 5.73 Å². The van der Waals surface area contributed by atoms with Crippen molar-refractivity contribution in [3.8, 4) is 0 Å². The summed E-state index contributed by atoms with van der Waals surface area (Å²) in [5, 5.41) is 12.6. The molecule has 2 heterocycles. The maximum atomic E-state index is 7.54. The van der Waals surface area contributed by atoms with E-state index >= 15 is 0 Å². The molecule has 0 saturated carbocycles. The average Bonchev–Trinajstić information content (AvgIpc) is 2.76. The molecule has 2 rings (SSSR count). The van der Waals surface area contributed by atoms with Gasteiger partial charge in [-0.2, -0.15) is 9.47 Å². The van der Waals surface area contributed by atoms with Crippen LogP contribution in [0.1, 0.15) is 11.3 Å². The monoisotopic (exact) mass is 254 g/mol. The summed E-state index contributed by atoms with van der Waals surface area (Å²) in [6.07, 6.45) is 1.50. The van der Waals surface area contributed by atoms with Gasteiger partial charge in [-0.1, -0.05) is 0 Å². The number of aryl methyl sites for hydroxylation is 2. The lowest BCUT2D eigenvalue weighted by Gasteiger charge is -2.01. The average molecular weight is 254 g/mol. The van der Waals surface area contributed by atoms with Crippen LogP contribution in [0.3, 0.4) is 0 Å². The predicted molar refractivity (Wildman–Crippen MR) is 63.0 cm³/mol. The summed E-state index contributed by atoms with van der Waals surface area (Å²) >= 11 is 2.73. The topological polar surface area (TPSA) is 93.5 Å². The standard InChI is InChI=1S/C8H10N6S2/c1-4-5(6(9)10)7(14(2)13-4)15-8-11-3-12-16-8/h3H,1-2H3,(H3,9,10). The first kappa shape index (κ1) is 11.1. The minimum Gasteiger partial charge on any atom is -0.384 e. The molecule has 0 fully saturated rings. The second kappa shape index (κ2) is 4.22. The lowest BCUT2D eigenvalue weighted by molar-refractivity contribution is 0.692. The van der Waals surface area contributed by atoms with Gasteiger partial charge >= 0.3 is 0 Å². The Morgan fingerprint density at radius 1 is 1.62 bits per heavy atom. The van der Waals surface area contributed by atoms with Crippen molar-refractivity contribution in [1.29, 1.82) is 5.41 Å². The smallest absolute Gasteiger partial charge is 0.176 e. The van der Waals surface area contributed by atoms with Crippen LogP contribution in [0.5, 0.6) is 0 Å². The number of hydrogen-bond donors (Lipinski definition) is 2. The van der Waals surface area contributed by atoms with Crippen LogP contribution in [0.2, 0.25) is 0 Å². The Hall–Kier alpha value is -1.41. The Balaban J connectivity index is 2.43. The van der Waals surface area contributed by atoms with Crippen molar-refractivity contribution in [3.05, 3.63) is 17.6 Å². The van der Waals surface area contributed by atoms with E-state index in [9.17, 15) is 0 Å². The van der Waals surface area contributed by atoms with E-state index in [0.717, 1.165) is 15.1 Å². The summed E-state index contributed by atoms with van der Waals surface area (Å²) < 4.78 is 6.44. The zero-order valence-corrected chi connectivity index (χ0v) is 10.4. The van der Waals surface area contributed by atoms with Crippen LogP contribution >= 0.6 is 23.3 Å². The summed E-state index contributed by atoms with van der Waals surface area (Å²) in [6, 6.07) is 0. The summed E-state index contributed by atoms with van der Waals surface area (Å²) in [5.74, 6) is 0.0256. The Morgan fingerprint density at radius 2 is 2.38 bits per heavy atom. The molecular weight excluding hydrogens is 244 g/mol. The van der Waals surface area contributed by atoms with E-state index in [-0.39, 0.29) is 5.84 Å². The molecule has 0 spiro atoms. The van der Waals surface area contributed by atoms with E-state index < -0.39 is 0 Å². The van der Waals surface area contributed by atoms with Crippen molar-refractivity contribution in [2.75, 3.05) is 0 Å². The molecule has 84 valence electrons. The number of aromatic nitrogens is 4. The highest BCUT2D eigenvalue weighted by atomic mass is 32.2. The first-order chi connectivity index (χ1) is 7.59. The minimum atomic E-state index is 0.0256. The van der Waals surface area contributed by atoms with Gasteiger partial charge in [-0.25, -0.2) is 4.98 Å². The van der Waals surface area contributed by atoms with Gasteiger partial charge in [0.1, 0.15) is 17.2 Å². The highest BCUT2D eigenvalue weighted by Gasteiger charge is 2.17. The first-order valence-electron chi connectivity index (χ1n) is 4.42. The number of nitrogens with one attached hydrogen (secondary N) is 1. The number of hydrogen-bond acceptors (Lipinski definition) is 6. The summed E-state index contributed by atoms with van der Waals surface area (Å²) in [7, 11) is 1.82. The number of nitrogens with zero attached hydrogens (tertiary/aromatic N) is 4. The zero-order valence-electron chi connectivity index (χ0n) is 8.76. The highest BCUT2D eigenvalue weighted by molar-refractivity contribution is 8.01. The van der Waals surface area contributed by atoms with Gasteiger partial charge in [0, 0.05) is 7.05 Å². The Kier molecular flexibility index (Phi) is 2.92. The molecule has 0 bridgehead atoms. The third-order valence-corrected chi connectivity index (χ3v) is 3.84. The molecule has 2 aromatic heterocycles. The summed E-state index contributed by atoms with van der Waals surface area (Å²) in [5.41, 5.74) is 6.96. The van der Waals surface area contributed by atoms with Gasteiger partial charge in [0.2, 0.25) is 0 Å². The highest BCUT2D eigenvalue weighted by Crippen LogP contribution is 2.31. The maximum Gasteiger partial charge on any atom is 0.176 e. The van der Waals surface area contributed by atoms with E-state index in [1.807, 2.05) is 14.0 Å². The third kappa shape index (κ3) is 1.93. The Morgan fingerprint density at radius 3 is 2.94 bits per heavy atom. The molecule has 0 aliphatic carbocycles. The van der Waals surface area contributed by atoms with E-state index in [4.69, 9.17) is 11.1 Å². The molecule has 8 heteroatoms. The summed E-state index contributed by atoms with van der Waals surface area (Å²) in [6.45, 7) is 1.83. The lowest BCUT2D eigenvalue weighted by atomic mass is 10.2. The van der Waals surface area contributed by atoms with Crippen molar-refractivity contribution in [1.82, 2.24) is 19.1 Å². The minimum absolute atomic E-state index is 0.0256. The number of nitrogens with two attached hydrogens (primary N) is 1. The molecule has 0 aliphatic rings. The van der Waals surface area contributed by atoms with Gasteiger partial charge in [0.25, 0.3) is 0 Å². The largest absolute Gasteiger partial charge is 0.384 e. The molecule has 0 unspecified atom stereocenters. The lowest BCUT2D eigenvalue weighted by Crippen LogP contribution is -2.13. The van der Waals surface area contributed by atoms with E-state index in [0.29, 0.717) is 5.56 Å². The molecule has 16 heavy (non-hydrogen) atoms. The molecule has 2 aromatic rings. The Bertz CT molecular complexity index is 515. The van der Waals surface area contributed by atoms with Crippen molar-refractivity contribution >= 4 is 29.1 Å². The quantitative estimate of drug-likeness (QED) is 0.630. The fraction of sp³-hybridized carbons (Fsp3) is 0.250. The third-order valence-electron chi connectivity index (χ3n) is 1.96. The summed E-state index contributed by atoms with van der Waals surface area (Å²) in [4.78, 5) is 4.08.